The van der Waals surface area contributed by atoms with Crippen molar-refractivity contribution in [2.45, 2.75) is 13.0 Å². The first-order valence-electron chi connectivity index (χ1n) is 6.63. The van der Waals surface area contributed by atoms with Crippen LogP contribution in [0, 0.1) is 0 Å². The van der Waals surface area contributed by atoms with Gasteiger partial charge in [0.25, 0.3) is 5.91 Å². The molecule has 1 saturated heterocycles. The number of hydrogen-bond acceptors (Lipinski definition) is 5. The number of carbonyl (C=O) groups excluding carboxylic acids is 1. The molecule has 2 aromatic heterocycles. The van der Waals surface area contributed by atoms with Crippen molar-refractivity contribution >= 4 is 17.2 Å². The summed E-state index contributed by atoms with van der Waals surface area (Å²) in [7, 11) is 0. The number of amides is 1. The van der Waals surface area contributed by atoms with Crippen molar-refractivity contribution in [1.29, 1.82) is 0 Å². The van der Waals surface area contributed by atoms with E-state index in [9.17, 15) is 4.79 Å². The van der Waals surface area contributed by atoms with E-state index in [0.29, 0.717) is 4.88 Å². The van der Waals surface area contributed by atoms with Crippen LogP contribution in [0.3, 0.4) is 0 Å². The number of aromatic nitrogens is 2. The lowest BCUT2D eigenvalue weighted by Gasteiger charge is -2.33. The summed E-state index contributed by atoms with van der Waals surface area (Å²) in [5.74, 6) is 0.0804. The van der Waals surface area contributed by atoms with E-state index in [2.05, 4.69) is 22.2 Å². The predicted molar refractivity (Wildman–Crippen MR) is 78.7 cm³/mol. The molecule has 0 aromatic carbocycles. The number of thiazole rings is 1. The zero-order valence-corrected chi connectivity index (χ0v) is 12.1. The number of pyridine rings is 1. The topological polar surface area (TPSA) is 58.1 Å². The highest BCUT2D eigenvalue weighted by Crippen LogP contribution is 2.25. The molecule has 20 heavy (non-hydrogen) atoms. The maximum absolute atomic E-state index is 12.5. The number of rotatable bonds is 2. The maximum Gasteiger partial charge on any atom is 0.265 e. The molecule has 104 valence electrons. The van der Waals surface area contributed by atoms with Gasteiger partial charge in [-0.2, -0.15) is 0 Å². The molecule has 5 nitrogen and oxygen atoms in total. The Morgan fingerprint density at radius 2 is 2.25 bits per heavy atom. The van der Waals surface area contributed by atoms with Gasteiger partial charge < -0.3 is 10.2 Å². The molecule has 1 amide bonds. The maximum atomic E-state index is 12.5. The molecule has 3 rings (SSSR count). The van der Waals surface area contributed by atoms with E-state index in [1.54, 1.807) is 18.6 Å². The summed E-state index contributed by atoms with van der Waals surface area (Å²) in [4.78, 5) is 23.5. The third-order valence-electron chi connectivity index (χ3n) is 3.41. The smallest absolute Gasteiger partial charge is 0.265 e. The summed E-state index contributed by atoms with van der Waals surface area (Å²) in [5, 5.41) is 4.15. The molecule has 1 aliphatic rings. The molecule has 0 radical (unpaired) electrons. The molecule has 3 heterocycles. The second-order valence-corrected chi connectivity index (χ2v) is 5.85. The van der Waals surface area contributed by atoms with Gasteiger partial charge in [-0.1, -0.05) is 0 Å². The Labute approximate surface area is 121 Å². The van der Waals surface area contributed by atoms with Crippen LogP contribution in [-0.4, -0.2) is 46.5 Å². The van der Waals surface area contributed by atoms with E-state index in [1.165, 1.54) is 11.3 Å². The molecule has 6 heteroatoms. The second-order valence-electron chi connectivity index (χ2n) is 4.82. The molecule has 1 N–H and O–H groups in total. The molecular weight excluding hydrogens is 272 g/mol. The monoisotopic (exact) mass is 288 g/mol. The summed E-state index contributed by atoms with van der Waals surface area (Å²) in [6.07, 6.45) is 5.14. The molecule has 0 saturated carbocycles. The standard InChI is InChI=1S/C14H16N4OS/c1-10-8-16-6-7-18(10)14(19)12-9-17-13(20-12)11-2-4-15-5-3-11/h2-5,9-10,16H,6-8H2,1H3/t10-/m1/s1. The number of hydrogen-bond donors (Lipinski definition) is 1. The molecule has 1 aliphatic heterocycles. The minimum Gasteiger partial charge on any atom is -0.333 e. The van der Waals surface area contributed by atoms with Crippen molar-refractivity contribution in [2.75, 3.05) is 19.6 Å². The zero-order valence-electron chi connectivity index (χ0n) is 11.2. The first-order valence-corrected chi connectivity index (χ1v) is 7.45. The predicted octanol–water partition coefficient (Wildman–Crippen LogP) is 1.64. The van der Waals surface area contributed by atoms with Crippen LogP contribution in [0.25, 0.3) is 10.6 Å². The number of nitrogens with one attached hydrogen (secondary N) is 1. The molecule has 1 atom stereocenters. The normalized spacial score (nSPS) is 19.1. The summed E-state index contributed by atoms with van der Waals surface area (Å²) in [5.41, 5.74) is 0.998. The Hall–Kier alpha value is -1.79. The first kappa shape index (κ1) is 13.2. The fourth-order valence-corrected chi connectivity index (χ4v) is 3.16. The van der Waals surface area contributed by atoms with Gasteiger partial charge in [0.15, 0.2) is 0 Å². The van der Waals surface area contributed by atoms with Gasteiger partial charge in [0.1, 0.15) is 9.88 Å². The fraction of sp³-hybridized carbons (Fsp3) is 0.357. The lowest BCUT2D eigenvalue weighted by atomic mass is 10.2. The summed E-state index contributed by atoms with van der Waals surface area (Å²) < 4.78 is 0. The van der Waals surface area contributed by atoms with Crippen LogP contribution in [0.5, 0.6) is 0 Å². The van der Waals surface area contributed by atoms with Crippen molar-refractivity contribution in [3.05, 3.63) is 35.6 Å². The van der Waals surface area contributed by atoms with Gasteiger partial charge >= 0.3 is 0 Å². The third kappa shape index (κ3) is 2.57. The largest absolute Gasteiger partial charge is 0.333 e. The number of nitrogens with zero attached hydrogens (tertiary/aromatic N) is 3. The van der Waals surface area contributed by atoms with Crippen LogP contribution in [0.15, 0.2) is 30.7 Å². The molecule has 0 aliphatic carbocycles. The molecular formula is C14H16N4OS. The van der Waals surface area contributed by atoms with E-state index in [-0.39, 0.29) is 11.9 Å². The van der Waals surface area contributed by atoms with Gasteiger partial charge in [0.2, 0.25) is 0 Å². The van der Waals surface area contributed by atoms with E-state index in [4.69, 9.17) is 0 Å². The van der Waals surface area contributed by atoms with Gasteiger partial charge in [0, 0.05) is 43.6 Å². The Morgan fingerprint density at radius 3 is 3.00 bits per heavy atom. The molecule has 1 fully saturated rings. The average Bonchev–Trinajstić information content (AvgIpc) is 2.98. The van der Waals surface area contributed by atoms with E-state index < -0.39 is 0 Å². The summed E-state index contributed by atoms with van der Waals surface area (Å²) in [6, 6.07) is 4.03. The van der Waals surface area contributed by atoms with Gasteiger partial charge in [-0.25, -0.2) is 4.98 Å². The minimum atomic E-state index is 0.0804. The van der Waals surface area contributed by atoms with Crippen molar-refractivity contribution in [3.8, 4) is 10.6 Å². The van der Waals surface area contributed by atoms with Crippen LogP contribution in [0.1, 0.15) is 16.6 Å². The Morgan fingerprint density at radius 1 is 1.45 bits per heavy atom. The Balaban J connectivity index is 1.81. The molecule has 0 bridgehead atoms. The molecule has 2 aromatic rings. The van der Waals surface area contributed by atoms with Crippen molar-refractivity contribution in [2.24, 2.45) is 0 Å². The zero-order chi connectivity index (χ0) is 13.9. The van der Waals surface area contributed by atoms with Crippen molar-refractivity contribution in [3.63, 3.8) is 0 Å². The first-order chi connectivity index (χ1) is 9.75. The third-order valence-corrected chi connectivity index (χ3v) is 4.44. The highest BCUT2D eigenvalue weighted by molar-refractivity contribution is 7.16. The van der Waals surface area contributed by atoms with Crippen LogP contribution >= 0.6 is 11.3 Å². The van der Waals surface area contributed by atoms with Gasteiger partial charge in [-0.3, -0.25) is 9.78 Å². The molecule has 0 unspecified atom stereocenters. The van der Waals surface area contributed by atoms with Crippen LogP contribution in [0.4, 0.5) is 0 Å². The number of piperazine rings is 1. The van der Waals surface area contributed by atoms with Crippen molar-refractivity contribution in [1.82, 2.24) is 20.2 Å². The van der Waals surface area contributed by atoms with Crippen LogP contribution < -0.4 is 5.32 Å². The highest BCUT2D eigenvalue weighted by atomic mass is 32.1. The van der Waals surface area contributed by atoms with Crippen LogP contribution in [-0.2, 0) is 0 Å². The summed E-state index contributed by atoms with van der Waals surface area (Å²) >= 11 is 1.44. The fourth-order valence-electron chi connectivity index (χ4n) is 2.29. The Kier molecular flexibility index (Phi) is 3.75. The lowest BCUT2D eigenvalue weighted by Crippen LogP contribution is -2.52. The SMILES string of the molecule is C[C@@H]1CNCCN1C(=O)c1cnc(-c2ccncc2)s1. The summed E-state index contributed by atoms with van der Waals surface area (Å²) in [6.45, 7) is 4.52. The van der Waals surface area contributed by atoms with Gasteiger partial charge in [-0.15, -0.1) is 11.3 Å². The van der Waals surface area contributed by atoms with Crippen molar-refractivity contribution < 1.29 is 4.79 Å². The van der Waals surface area contributed by atoms with Gasteiger partial charge in [-0.05, 0) is 19.1 Å². The Bertz CT molecular complexity index is 598. The van der Waals surface area contributed by atoms with Crippen LogP contribution in [0.2, 0.25) is 0 Å². The van der Waals surface area contributed by atoms with Gasteiger partial charge in [0.05, 0.1) is 6.20 Å². The minimum absolute atomic E-state index is 0.0804. The van der Waals surface area contributed by atoms with E-state index in [0.717, 1.165) is 30.2 Å². The second kappa shape index (κ2) is 5.68. The quantitative estimate of drug-likeness (QED) is 0.912. The molecule has 0 spiro atoms. The lowest BCUT2D eigenvalue weighted by molar-refractivity contribution is 0.0660. The number of carbonyl (C=O) groups is 1. The van der Waals surface area contributed by atoms with E-state index >= 15 is 0 Å². The van der Waals surface area contributed by atoms with E-state index in [1.807, 2.05) is 17.0 Å². The average molecular weight is 288 g/mol. The highest BCUT2D eigenvalue weighted by Gasteiger charge is 2.25.